The summed E-state index contributed by atoms with van der Waals surface area (Å²) in [7, 11) is -4.76. The minimum Gasteiger partial charge on any atom is -0.477 e. The zero-order valence-corrected chi connectivity index (χ0v) is 17.8. The third-order valence-electron chi connectivity index (χ3n) is 3.56. The number of carbonyl (C=O) groups is 3. The summed E-state index contributed by atoms with van der Waals surface area (Å²) in [6.07, 6.45) is 1.30. The third kappa shape index (κ3) is 5.09. The average molecular weight is 414 g/mol. The molecule has 0 unspecified atom stereocenters. The Morgan fingerprint density at radius 1 is 1.46 bits per heavy atom. The zero-order chi connectivity index (χ0) is 18.9. The van der Waals surface area contributed by atoms with E-state index in [-0.39, 0.29) is 53.7 Å². The standard InChI is InChI=1S/C13H15N2O8S2.Na/c1-6(23-25(20,21)22)10-8-5-9(24-4-3-14-7(2)16)11(13(18)19)15(8)12(10)17;/h3-4,8,10H,5H2,1-2H3,(H,14,16)(H,18,19)(H,20,21,22);/q-1;+1/t8-,10-;/m1./s1. The fourth-order valence-electron chi connectivity index (χ4n) is 2.71. The Labute approximate surface area is 176 Å². The van der Waals surface area contributed by atoms with E-state index < -0.39 is 34.2 Å². The van der Waals surface area contributed by atoms with Gasteiger partial charge in [0, 0.05) is 30.5 Å². The topological polar surface area (TPSA) is 150 Å². The Balaban J connectivity index is 0.00000338. The van der Waals surface area contributed by atoms with E-state index in [1.165, 1.54) is 25.5 Å². The predicted octanol–water partition coefficient (Wildman–Crippen LogP) is -2.77. The van der Waals surface area contributed by atoms with Crippen LogP contribution < -0.4 is 34.9 Å². The van der Waals surface area contributed by atoms with Gasteiger partial charge < -0.3 is 19.5 Å². The summed E-state index contributed by atoms with van der Waals surface area (Å²) in [6, 6.07) is -0.600. The van der Waals surface area contributed by atoms with Crippen LogP contribution in [0.15, 0.2) is 22.2 Å². The van der Waals surface area contributed by atoms with Gasteiger partial charge in [-0.3, -0.25) is 14.1 Å². The van der Waals surface area contributed by atoms with E-state index in [2.05, 4.69) is 9.50 Å². The van der Waals surface area contributed by atoms with Crippen molar-refractivity contribution in [2.75, 3.05) is 0 Å². The molecule has 0 radical (unpaired) electrons. The van der Waals surface area contributed by atoms with Crippen LogP contribution in [0.2, 0.25) is 0 Å². The van der Waals surface area contributed by atoms with E-state index in [0.29, 0.717) is 4.91 Å². The second-order valence-corrected chi connectivity index (χ2v) is 7.30. The monoisotopic (exact) mass is 414 g/mol. The largest absolute Gasteiger partial charge is 1.00 e. The van der Waals surface area contributed by atoms with Gasteiger partial charge in [-0.2, -0.15) is 21.4 Å². The summed E-state index contributed by atoms with van der Waals surface area (Å²) in [4.78, 5) is 35.9. The molecule has 2 aliphatic rings. The van der Waals surface area contributed by atoms with Crippen LogP contribution in [0.3, 0.4) is 0 Å². The molecule has 13 heteroatoms. The molecule has 0 saturated carbocycles. The maximum Gasteiger partial charge on any atom is 1.00 e. The minimum absolute atomic E-state index is 0. The number of amides is 2. The van der Waals surface area contributed by atoms with Crippen LogP contribution in [0, 0.1) is 12.0 Å². The number of carbonyl (C=O) groups excluding carboxylic acids is 2. The molecule has 0 aromatic rings. The van der Waals surface area contributed by atoms with Crippen molar-refractivity contribution in [1.82, 2.24) is 10.2 Å². The van der Waals surface area contributed by atoms with Gasteiger partial charge in [0.25, 0.3) is 0 Å². The summed E-state index contributed by atoms with van der Waals surface area (Å²) in [6.45, 7) is 2.55. The Morgan fingerprint density at radius 3 is 2.58 bits per heavy atom. The number of aliphatic carboxylic acids is 1. The van der Waals surface area contributed by atoms with Crippen LogP contribution in [0.25, 0.3) is 0 Å². The molecule has 26 heavy (non-hydrogen) atoms. The fraction of sp³-hybridized carbons (Fsp3) is 0.385. The van der Waals surface area contributed by atoms with Crippen LogP contribution in [-0.2, 0) is 29.0 Å². The molecule has 2 atom stereocenters. The van der Waals surface area contributed by atoms with E-state index >= 15 is 0 Å². The first-order valence-corrected chi connectivity index (χ1v) is 9.16. The molecule has 2 aliphatic heterocycles. The first-order valence-electron chi connectivity index (χ1n) is 6.91. The fourth-order valence-corrected chi connectivity index (χ4v) is 4.01. The van der Waals surface area contributed by atoms with E-state index in [4.69, 9.17) is 4.55 Å². The van der Waals surface area contributed by atoms with Crippen LogP contribution in [0.1, 0.15) is 20.3 Å². The van der Waals surface area contributed by atoms with Crippen LogP contribution in [0.5, 0.6) is 0 Å². The number of rotatable bonds is 7. The second-order valence-electron chi connectivity index (χ2n) is 5.28. The van der Waals surface area contributed by atoms with Crippen molar-refractivity contribution in [3.8, 4) is 0 Å². The van der Waals surface area contributed by atoms with Gasteiger partial charge in [-0.1, -0.05) is 11.8 Å². The Kier molecular flexibility index (Phi) is 7.89. The number of carboxylic acid groups (broad SMARTS) is 1. The first-order chi connectivity index (χ1) is 11.5. The number of fused-ring (bicyclic) bond motifs is 1. The molecule has 2 amide bonds. The molecule has 2 heterocycles. The van der Waals surface area contributed by atoms with Gasteiger partial charge in [0.2, 0.25) is 11.8 Å². The summed E-state index contributed by atoms with van der Waals surface area (Å²) < 4.78 is 34.6. The smallest absolute Gasteiger partial charge is 0.477 e. The molecular weight excluding hydrogens is 399 g/mol. The molecule has 3 N–H and O–H groups in total. The first kappa shape index (κ1) is 23.1. The van der Waals surface area contributed by atoms with Gasteiger partial charge in [0.15, 0.2) is 0 Å². The van der Waals surface area contributed by atoms with Gasteiger partial charge in [-0.05, 0) is 11.3 Å². The molecule has 0 spiro atoms. The van der Waals surface area contributed by atoms with Crippen LogP contribution in [-0.4, -0.2) is 46.8 Å². The molecule has 0 aromatic carbocycles. The molecule has 0 aliphatic carbocycles. The quantitative estimate of drug-likeness (QED) is 0.174. The normalized spacial score (nSPS) is 22.3. The molecule has 1 fully saturated rings. The van der Waals surface area contributed by atoms with Gasteiger partial charge in [0.1, 0.15) is 5.70 Å². The SMILES string of the molecule is CC(=O)NC=CSC1=C(C(=O)O)N2C(=O)[C@H]([C-](C)OS(=O)(=O)O)[C@H]2C1.[Na+]. The number of hydrogen-bond donors (Lipinski definition) is 3. The maximum absolute atomic E-state index is 12.2. The summed E-state index contributed by atoms with van der Waals surface area (Å²) in [5.41, 5.74) is -0.191. The molecule has 2 rings (SSSR count). The van der Waals surface area contributed by atoms with Gasteiger partial charge in [-0.15, -0.1) is 0 Å². The van der Waals surface area contributed by atoms with Crippen LogP contribution in [0.4, 0.5) is 0 Å². The minimum atomic E-state index is -4.76. The predicted molar refractivity (Wildman–Crippen MR) is 85.5 cm³/mol. The van der Waals surface area contributed by atoms with Crippen molar-refractivity contribution in [2.45, 2.75) is 26.3 Å². The molecule has 10 nitrogen and oxygen atoms in total. The van der Waals surface area contributed by atoms with Crippen molar-refractivity contribution in [2.24, 2.45) is 5.92 Å². The average Bonchev–Trinajstić information content (AvgIpc) is 2.76. The maximum atomic E-state index is 12.2. The van der Waals surface area contributed by atoms with Crippen molar-refractivity contribution in [1.29, 1.82) is 0 Å². The molecule has 0 aromatic heterocycles. The van der Waals surface area contributed by atoms with Gasteiger partial charge in [-0.25, -0.2) is 4.79 Å². The van der Waals surface area contributed by atoms with Gasteiger partial charge >= 0.3 is 45.9 Å². The summed E-state index contributed by atoms with van der Waals surface area (Å²) >= 11 is 1.03. The van der Waals surface area contributed by atoms with Crippen molar-refractivity contribution in [3.63, 3.8) is 0 Å². The summed E-state index contributed by atoms with van der Waals surface area (Å²) in [5, 5.41) is 13.2. The van der Waals surface area contributed by atoms with E-state index in [1.807, 2.05) is 0 Å². The molecule has 0 bridgehead atoms. The summed E-state index contributed by atoms with van der Waals surface area (Å²) in [5.74, 6) is -3.17. The number of thioether (sulfide) groups is 1. The number of nitrogens with zero attached hydrogens (tertiary/aromatic N) is 1. The number of β-lactam (4-membered cyclic amide) rings is 1. The second kappa shape index (κ2) is 8.87. The Bertz CT molecular complexity index is 779. The van der Waals surface area contributed by atoms with Crippen molar-refractivity contribution < 1.29 is 66.2 Å². The van der Waals surface area contributed by atoms with E-state index in [0.717, 1.165) is 16.7 Å². The van der Waals surface area contributed by atoms with Crippen molar-refractivity contribution in [3.05, 3.63) is 28.3 Å². The van der Waals surface area contributed by atoms with Gasteiger partial charge in [0.05, 0.1) is 0 Å². The molecular formula is C13H15N2NaO8S2. The molecule has 1 saturated heterocycles. The number of nitrogens with one attached hydrogen (secondary N) is 1. The Morgan fingerprint density at radius 2 is 2.08 bits per heavy atom. The van der Waals surface area contributed by atoms with E-state index in [9.17, 15) is 27.9 Å². The zero-order valence-electron chi connectivity index (χ0n) is 14.1. The molecule has 138 valence electrons. The Hall–Kier alpha value is -0.890. The third-order valence-corrected chi connectivity index (χ3v) is 4.95. The number of carboxylic acids is 1. The van der Waals surface area contributed by atoms with Crippen LogP contribution >= 0.6 is 11.8 Å². The van der Waals surface area contributed by atoms with E-state index in [1.54, 1.807) is 0 Å². The van der Waals surface area contributed by atoms with Crippen molar-refractivity contribution >= 4 is 39.9 Å². The number of hydrogen-bond acceptors (Lipinski definition) is 7.